The molecule has 4 N–H and O–H groups in total. The Morgan fingerprint density at radius 3 is 2.20 bits per heavy atom. The van der Waals surface area contributed by atoms with Crippen LogP contribution in [-0.2, 0) is 6.54 Å². The van der Waals surface area contributed by atoms with E-state index < -0.39 is 0 Å². The molecule has 1 aromatic rings. The molecule has 0 amide bonds. The first-order valence-corrected chi connectivity index (χ1v) is 2.86. The number of phenolic OH excluding ortho intramolecular Hbond substituents is 2. The number of hydrogen-bond donors (Lipinski definition) is 3. The molecule has 1 radical (unpaired) electrons. The van der Waals surface area contributed by atoms with Crippen LogP contribution in [0.4, 0.5) is 0 Å². The van der Waals surface area contributed by atoms with Crippen LogP contribution < -0.4 is 5.73 Å². The van der Waals surface area contributed by atoms with E-state index in [4.69, 9.17) is 15.9 Å². The maximum Gasteiger partial charge on any atom is 0.127 e. The highest BCUT2D eigenvalue weighted by Gasteiger charge is 1.96. The van der Waals surface area contributed by atoms with Crippen molar-refractivity contribution in [2.24, 2.45) is 5.73 Å². The van der Waals surface area contributed by atoms with Gasteiger partial charge >= 0.3 is 0 Å². The van der Waals surface area contributed by atoms with Crippen LogP contribution in [0.15, 0.2) is 12.1 Å². The summed E-state index contributed by atoms with van der Waals surface area (Å²) in [5.74, 6) is -0.166. The highest BCUT2D eigenvalue weighted by Crippen LogP contribution is 2.18. The molecular weight excluding hydrogens is 130 g/mol. The Balaban J connectivity index is 3.06. The van der Waals surface area contributed by atoms with Crippen molar-refractivity contribution in [3.05, 3.63) is 23.8 Å². The lowest BCUT2D eigenvalue weighted by atomic mass is 10.2. The number of aromatic hydroxyl groups is 2. The molecule has 0 aliphatic carbocycles. The van der Waals surface area contributed by atoms with Crippen molar-refractivity contribution >= 4 is 0 Å². The molecule has 0 aliphatic heterocycles. The molecule has 0 saturated carbocycles. The van der Waals surface area contributed by atoms with Crippen LogP contribution in [0.5, 0.6) is 11.5 Å². The van der Waals surface area contributed by atoms with E-state index in [0.29, 0.717) is 12.1 Å². The Kier molecular flexibility index (Phi) is 1.78. The summed E-state index contributed by atoms with van der Waals surface area (Å²) in [5.41, 5.74) is 5.94. The molecule has 3 nitrogen and oxygen atoms in total. The number of hydrogen-bond acceptors (Lipinski definition) is 3. The second-order valence-corrected chi connectivity index (χ2v) is 1.96. The monoisotopic (exact) mass is 138 g/mol. The van der Waals surface area contributed by atoms with Crippen LogP contribution in [0.25, 0.3) is 0 Å². The summed E-state index contributed by atoms with van der Waals surface area (Å²) in [4.78, 5) is 0. The molecule has 1 rings (SSSR count). The third-order valence-corrected chi connectivity index (χ3v) is 1.14. The zero-order valence-electron chi connectivity index (χ0n) is 5.33. The second kappa shape index (κ2) is 2.58. The summed E-state index contributed by atoms with van der Waals surface area (Å²) in [6, 6.07) is 5.22. The van der Waals surface area contributed by atoms with E-state index in [-0.39, 0.29) is 11.5 Å². The molecule has 0 bridgehead atoms. The van der Waals surface area contributed by atoms with E-state index in [1.165, 1.54) is 12.1 Å². The van der Waals surface area contributed by atoms with Gasteiger partial charge in [0.2, 0.25) is 0 Å². The molecule has 0 unspecified atom stereocenters. The van der Waals surface area contributed by atoms with Gasteiger partial charge in [0.05, 0.1) is 6.07 Å². The Bertz CT molecular complexity index is 215. The quantitative estimate of drug-likeness (QED) is 0.524. The van der Waals surface area contributed by atoms with Crippen LogP contribution in [0.2, 0.25) is 0 Å². The first-order chi connectivity index (χ1) is 4.72. The average Bonchev–Trinajstić information content (AvgIpc) is 1.85. The third kappa shape index (κ3) is 1.39. The van der Waals surface area contributed by atoms with Gasteiger partial charge in [0.25, 0.3) is 0 Å². The fourth-order valence-corrected chi connectivity index (χ4v) is 0.714. The van der Waals surface area contributed by atoms with Gasteiger partial charge in [-0.15, -0.1) is 0 Å². The van der Waals surface area contributed by atoms with Gasteiger partial charge < -0.3 is 15.9 Å². The summed E-state index contributed by atoms with van der Waals surface area (Å²) >= 11 is 0. The first kappa shape index (κ1) is 6.89. The molecule has 10 heavy (non-hydrogen) atoms. The smallest absolute Gasteiger partial charge is 0.127 e. The van der Waals surface area contributed by atoms with Gasteiger partial charge in [0.1, 0.15) is 11.5 Å². The Morgan fingerprint density at radius 2 is 1.80 bits per heavy atom. The highest BCUT2D eigenvalue weighted by atomic mass is 16.3. The second-order valence-electron chi connectivity index (χ2n) is 1.96. The van der Waals surface area contributed by atoms with E-state index in [1.54, 1.807) is 0 Å². The summed E-state index contributed by atoms with van der Waals surface area (Å²) in [6.07, 6.45) is 0. The molecule has 1 aromatic carbocycles. The van der Waals surface area contributed by atoms with Crippen LogP contribution in [0, 0.1) is 6.07 Å². The van der Waals surface area contributed by atoms with E-state index in [1.807, 2.05) is 0 Å². The van der Waals surface area contributed by atoms with Crippen molar-refractivity contribution in [2.45, 2.75) is 6.54 Å². The molecule has 0 fully saturated rings. The molecular formula is C7H8NO2. The van der Waals surface area contributed by atoms with Gasteiger partial charge in [-0.1, -0.05) is 0 Å². The van der Waals surface area contributed by atoms with Crippen LogP contribution in [-0.4, -0.2) is 10.2 Å². The SMILES string of the molecule is NCc1cc(O)[c]c(O)c1. The van der Waals surface area contributed by atoms with Gasteiger partial charge in [-0.2, -0.15) is 0 Å². The minimum Gasteiger partial charge on any atom is -0.507 e. The van der Waals surface area contributed by atoms with E-state index >= 15 is 0 Å². The zero-order valence-corrected chi connectivity index (χ0v) is 5.33. The maximum absolute atomic E-state index is 8.85. The van der Waals surface area contributed by atoms with Crippen LogP contribution >= 0.6 is 0 Å². The molecule has 0 saturated heterocycles. The van der Waals surface area contributed by atoms with Crippen LogP contribution in [0.1, 0.15) is 5.56 Å². The van der Waals surface area contributed by atoms with Gasteiger partial charge in [-0.3, -0.25) is 0 Å². The molecule has 0 atom stereocenters. The van der Waals surface area contributed by atoms with Crippen molar-refractivity contribution < 1.29 is 10.2 Å². The summed E-state index contributed by atoms with van der Waals surface area (Å²) in [6.45, 7) is 0.301. The molecule has 3 heteroatoms. The zero-order chi connectivity index (χ0) is 7.56. The Labute approximate surface area is 58.7 Å². The summed E-state index contributed by atoms with van der Waals surface area (Å²) in [5, 5.41) is 17.7. The van der Waals surface area contributed by atoms with E-state index in [9.17, 15) is 0 Å². The Hall–Kier alpha value is -1.22. The van der Waals surface area contributed by atoms with Crippen molar-refractivity contribution in [3.8, 4) is 11.5 Å². The van der Waals surface area contributed by atoms with Crippen LogP contribution in [0.3, 0.4) is 0 Å². The third-order valence-electron chi connectivity index (χ3n) is 1.14. The fraction of sp³-hybridized carbons (Fsp3) is 0.143. The lowest BCUT2D eigenvalue weighted by molar-refractivity contribution is 0.447. The maximum atomic E-state index is 8.85. The Morgan fingerprint density at radius 1 is 1.30 bits per heavy atom. The number of phenols is 2. The molecule has 0 aromatic heterocycles. The average molecular weight is 138 g/mol. The van der Waals surface area contributed by atoms with Crippen molar-refractivity contribution in [1.29, 1.82) is 0 Å². The van der Waals surface area contributed by atoms with Crippen molar-refractivity contribution in [3.63, 3.8) is 0 Å². The van der Waals surface area contributed by atoms with Gasteiger partial charge in [-0.05, 0) is 17.7 Å². The molecule has 0 aliphatic rings. The van der Waals surface area contributed by atoms with Gasteiger partial charge in [0, 0.05) is 6.54 Å². The molecule has 0 spiro atoms. The predicted octanol–water partition coefficient (Wildman–Crippen LogP) is 0.357. The number of rotatable bonds is 1. The number of benzene rings is 1. The van der Waals surface area contributed by atoms with Crippen molar-refractivity contribution in [1.82, 2.24) is 0 Å². The predicted molar refractivity (Wildman–Crippen MR) is 36.5 cm³/mol. The lowest BCUT2D eigenvalue weighted by Gasteiger charge is -1.97. The van der Waals surface area contributed by atoms with E-state index in [2.05, 4.69) is 6.07 Å². The van der Waals surface area contributed by atoms with Gasteiger partial charge in [-0.25, -0.2) is 0 Å². The first-order valence-electron chi connectivity index (χ1n) is 2.86. The van der Waals surface area contributed by atoms with E-state index in [0.717, 1.165) is 0 Å². The summed E-state index contributed by atoms with van der Waals surface area (Å²) in [7, 11) is 0. The minimum atomic E-state index is -0.0829. The molecule has 0 heterocycles. The van der Waals surface area contributed by atoms with Gasteiger partial charge in [0.15, 0.2) is 0 Å². The fourth-order valence-electron chi connectivity index (χ4n) is 0.714. The topological polar surface area (TPSA) is 66.5 Å². The lowest BCUT2D eigenvalue weighted by Crippen LogP contribution is -1.94. The largest absolute Gasteiger partial charge is 0.507 e. The number of nitrogens with two attached hydrogens (primary N) is 1. The normalized spacial score (nSPS) is 9.70. The minimum absolute atomic E-state index is 0.0829. The highest BCUT2D eigenvalue weighted by molar-refractivity contribution is 5.34. The van der Waals surface area contributed by atoms with Crippen molar-refractivity contribution in [2.75, 3.05) is 0 Å². The molecule has 53 valence electrons. The summed E-state index contributed by atoms with van der Waals surface area (Å²) < 4.78 is 0. The standard InChI is InChI=1S/C7H8NO2/c8-4-5-1-6(9)3-7(10)2-5/h1-2,9-10H,4,8H2.